The molecule has 3 heterocycles. The van der Waals surface area contributed by atoms with Crippen molar-refractivity contribution in [1.29, 1.82) is 0 Å². The van der Waals surface area contributed by atoms with E-state index in [1.54, 1.807) is 6.20 Å². The lowest BCUT2D eigenvalue weighted by atomic mass is 10.3. The quantitative estimate of drug-likeness (QED) is 0.388. The maximum Gasteiger partial charge on any atom is 0.289 e. The molecule has 3 aromatic heterocycles. The van der Waals surface area contributed by atoms with Gasteiger partial charge in [-0.1, -0.05) is 0 Å². The van der Waals surface area contributed by atoms with Crippen molar-refractivity contribution in [3.63, 3.8) is 0 Å². The van der Waals surface area contributed by atoms with Crippen LogP contribution in [0.15, 0.2) is 17.3 Å². The van der Waals surface area contributed by atoms with Gasteiger partial charge in [-0.05, 0) is 0 Å². The largest absolute Gasteiger partial charge is 0.335 e. The minimum Gasteiger partial charge on any atom is -0.335 e. The van der Waals surface area contributed by atoms with E-state index in [0.29, 0.717) is 20.4 Å². The van der Waals surface area contributed by atoms with E-state index in [1.807, 2.05) is 0 Å². The Hall–Kier alpha value is -2.26. The zero-order valence-electron chi connectivity index (χ0n) is 8.41. The highest BCUT2D eigenvalue weighted by atomic mass is 32.1. The standard InChI is InChI=1S/C8H7N7OS/c9-14-8-11-1-3-4-5(17-6(3)13-8)7(16)15(10)2-12-4/h1-2H,9-10H2,(H,11,13,14). The Bertz CT molecular complexity index is 776. The summed E-state index contributed by atoms with van der Waals surface area (Å²) < 4.78 is 1.39. The maximum absolute atomic E-state index is 11.8. The third-order valence-corrected chi connectivity index (χ3v) is 3.37. The van der Waals surface area contributed by atoms with Crippen LogP contribution < -0.4 is 22.7 Å². The summed E-state index contributed by atoms with van der Waals surface area (Å²) in [5.41, 5.74) is 2.60. The Morgan fingerprint density at radius 3 is 3.00 bits per heavy atom. The van der Waals surface area contributed by atoms with E-state index < -0.39 is 0 Å². The number of nitrogens with one attached hydrogen (secondary N) is 1. The Morgan fingerprint density at radius 2 is 2.24 bits per heavy atom. The number of hydrogen-bond donors (Lipinski definition) is 3. The molecule has 86 valence electrons. The Morgan fingerprint density at radius 1 is 1.41 bits per heavy atom. The third-order valence-electron chi connectivity index (χ3n) is 2.29. The van der Waals surface area contributed by atoms with Gasteiger partial charge in [0.25, 0.3) is 5.56 Å². The molecule has 0 aliphatic heterocycles. The van der Waals surface area contributed by atoms with Gasteiger partial charge in [-0.3, -0.25) is 10.2 Å². The summed E-state index contributed by atoms with van der Waals surface area (Å²) in [5.74, 6) is 11.0. The highest BCUT2D eigenvalue weighted by Crippen LogP contribution is 2.28. The van der Waals surface area contributed by atoms with Gasteiger partial charge in [0.1, 0.15) is 15.9 Å². The van der Waals surface area contributed by atoms with E-state index in [-0.39, 0.29) is 11.5 Å². The minimum absolute atomic E-state index is 0.289. The van der Waals surface area contributed by atoms with Crippen LogP contribution in [0.25, 0.3) is 20.4 Å². The molecule has 0 fully saturated rings. The first-order chi connectivity index (χ1) is 8.20. The number of nitrogens with two attached hydrogens (primary N) is 2. The average molecular weight is 249 g/mol. The molecule has 0 bridgehead atoms. The Kier molecular flexibility index (Phi) is 1.97. The molecule has 0 spiro atoms. The number of rotatable bonds is 1. The van der Waals surface area contributed by atoms with Gasteiger partial charge in [-0.2, -0.15) is 0 Å². The lowest BCUT2D eigenvalue weighted by Crippen LogP contribution is -2.26. The first kappa shape index (κ1) is 9.93. The van der Waals surface area contributed by atoms with Crippen LogP contribution in [0.5, 0.6) is 0 Å². The number of anilines is 1. The second-order valence-electron chi connectivity index (χ2n) is 3.29. The zero-order chi connectivity index (χ0) is 12.0. The summed E-state index contributed by atoms with van der Waals surface area (Å²) in [6.45, 7) is 0. The summed E-state index contributed by atoms with van der Waals surface area (Å²) in [6, 6.07) is 0. The second-order valence-corrected chi connectivity index (χ2v) is 4.29. The predicted octanol–water partition coefficient (Wildman–Crippen LogP) is -0.599. The maximum atomic E-state index is 11.8. The molecule has 17 heavy (non-hydrogen) atoms. The van der Waals surface area contributed by atoms with Gasteiger partial charge in [0.2, 0.25) is 5.95 Å². The fourth-order valence-electron chi connectivity index (χ4n) is 1.51. The number of hydrazine groups is 1. The highest BCUT2D eigenvalue weighted by molar-refractivity contribution is 7.25. The molecule has 0 aliphatic carbocycles. The van der Waals surface area contributed by atoms with E-state index in [1.165, 1.54) is 17.7 Å². The number of aromatic nitrogens is 4. The lowest BCUT2D eigenvalue weighted by Gasteiger charge is -1.96. The molecule has 0 saturated carbocycles. The molecule has 0 saturated heterocycles. The normalized spacial score (nSPS) is 11.1. The van der Waals surface area contributed by atoms with Gasteiger partial charge >= 0.3 is 0 Å². The molecular weight excluding hydrogens is 242 g/mol. The molecule has 0 aliphatic rings. The summed E-state index contributed by atoms with van der Waals surface area (Å²) in [6.07, 6.45) is 2.84. The van der Waals surface area contributed by atoms with Gasteiger partial charge in [-0.25, -0.2) is 25.5 Å². The van der Waals surface area contributed by atoms with Crippen molar-refractivity contribution in [3.8, 4) is 0 Å². The van der Waals surface area contributed by atoms with Crippen LogP contribution >= 0.6 is 11.3 Å². The van der Waals surface area contributed by atoms with Crippen LogP contribution in [0.4, 0.5) is 5.95 Å². The molecule has 0 atom stereocenters. The first-order valence-corrected chi connectivity index (χ1v) is 5.41. The van der Waals surface area contributed by atoms with Crippen LogP contribution in [-0.4, -0.2) is 19.6 Å². The topological polar surface area (TPSA) is 125 Å². The van der Waals surface area contributed by atoms with E-state index in [4.69, 9.17) is 11.7 Å². The SMILES string of the molecule is NNc1ncc2c(n1)sc1c(=O)n(N)cnc12. The smallest absolute Gasteiger partial charge is 0.289 e. The van der Waals surface area contributed by atoms with E-state index in [9.17, 15) is 4.79 Å². The van der Waals surface area contributed by atoms with Crippen LogP contribution in [0.1, 0.15) is 0 Å². The monoisotopic (exact) mass is 249 g/mol. The summed E-state index contributed by atoms with van der Waals surface area (Å²) in [5, 5.41) is 0.710. The highest BCUT2D eigenvalue weighted by Gasteiger charge is 2.12. The molecule has 9 heteroatoms. The molecule has 3 aromatic rings. The van der Waals surface area contributed by atoms with E-state index in [0.717, 1.165) is 4.68 Å². The van der Waals surface area contributed by atoms with Crippen molar-refractivity contribution in [3.05, 3.63) is 22.9 Å². The number of nitrogen functional groups attached to an aromatic ring is 2. The fourth-order valence-corrected chi connectivity index (χ4v) is 2.54. The summed E-state index contributed by atoms with van der Waals surface area (Å²) in [7, 11) is 0. The van der Waals surface area contributed by atoms with Crippen molar-refractivity contribution < 1.29 is 0 Å². The van der Waals surface area contributed by atoms with Crippen molar-refractivity contribution in [2.75, 3.05) is 11.3 Å². The number of thiophene rings is 1. The minimum atomic E-state index is -0.305. The first-order valence-electron chi connectivity index (χ1n) is 4.59. The molecule has 3 rings (SSSR count). The van der Waals surface area contributed by atoms with Crippen molar-refractivity contribution in [2.45, 2.75) is 0 Å². The average Bonchev–Trinajstić information content (AvgIpc) is 2.72. The van der Waals surface area contributed by atoms with Crippen LogP contribution in [-0.2, 0) is 0 Å². The molecule has 0 unspecified atom stereocenters. The number of hydrogen-bond acceptors (Lipinski definition) is 8. The molecule has 8 nitrogen and oxygen atoms in total. The predicted molar refractivity (Wildman–Crippen MR) is 64.9 cm³/mol. The van der Waals surface area contributed by atoms with Crippen molar-refractivity contribution in [1.82, 2.24) is 19.6 Å². The van der Waals surface area contributed by atoms with Gasteiger partial charge in [-0.15, -0.1) is 11.3 Å². The zero-order valence-corrected chi connectivity index (χ0v) is 9.23. The Balaban J connectivity index is 2.49. The molecule has 0 radical (unpaired) electrons. The molecular formula is C8H7N7OS. The van der Waals surface area contributed by atoms with E-state index >= 15 is 0 Å². The van der Waals surface area contributed by atoms with Gasteiger partial charge in [0, 0.05) is 6.20 Å². The summed E-state index contributed by atoms with van der Waals surface area (Å²) >= 11 is 1.21. The van der Waals surface area contributed by atoms with Crippen molar-refractivity contribution in [2.24, 2.45) is 5.84 Å². The van der Waals surface area contributed by atoms with Gasteiger partial charge in [0.05, 0.1) is 10.9 Å². The summed E-state index contributed by atoms with van der Waals surface area (Å²) in [4.78, 5) is 24.6. The molecule has 0 amide bonds. The van der Waals surface area contributed by atoms with Crippen LogP contribution in [0, 0.1) is 0 Å². The number of fused-ring (bicyclic) bond motifs is 3. The van der Waals surface area contributed by atoms with Crippen LogP contribution in [0.3, 0.4) is 0 Å². The second kappa shape index (κ2) is 3.37. The third kappa shape index (κ3) is 1.33. The Labute approximate surface area is 97.9 Å². The van der Waals surface area contributed by atoms with Gasteiger partial charge in [0.15, 0.2) is 0 Å². The van der Waals surface area contributed by atoms with E-state index in [2.05, 4.69) is 20.4 Å². The van der Waals surface area contributed by atoms with Gasteiger partial charge < -0.3 is 5.84 Å². The van der Waals surface area contributed by atoms with Crippen molar-refractivity contribution >= 4 is 37.7 Å². The lowest BCUT2D eigenvalue weighted by molar-refractivity contribution is 0.917. The number of nitrogens with zero attached hydrogens (tertiary/aromatic N) is 4. The molecule has 0 aromatic carbocycles. The van der Waals surface area contributed by atoms with Crippen LogP contribution in [0.2, 0.25) is 0 Å². The molecule has 5 N–H and O–H groups in total. The fraction of sp³-hybridized carbons (Fsp3) is 0.